The van der Waals surface area contributed by atoms with Gasteiger partial charge in [-0.3, -0.25) is 24.0 Å². The molecule has 1 fully saturated rings. The molecule has 4 aromatic carbocycles. The Kier molecular flexibility index (Phi) is 22.5. The fraction of sp³-hybridized carbons (Fsp3) is 0.360. The number of carbonyl (C=O) groups excluding carboxylic acids is 6. The van der Waals surface area contributed by atoms with Gasteiger partial charge in [-0.25, -0.2) is 4.39 Å². The fourth-order valence-electron chi connectivity index (χ4n) is 7.34. The van der Waals surface area contributed by atoms with E-state index < -0.39 is 24.0 Å². The average molecular weight is 940 g/mol. The Morgan fingerprint density at radius 2 is 1.66 bits per heavy atom. The van der Waals surface area contributed by atoms with Gasteiger partial charge in [0.05, 0.1) is 31.5 Å². The Morgan fingerprint density at radius 1 is 0.926 bits per heavy atom. The zero-order valence-electron chi connectivity index (χ0n) is 39.1. The van der Waals surface area contributed by atoms with Crippen LogP contribution in [0.1, 0.15) is 49.8 Å². The summed E-state index contributed by atoms with van der Waals surface area (Å²) < 4.78 is 33.7. The smallest absolute Gasteiger partial charge is 0.325 e. The fourth-order valence-corrected chi connectivity index (χ4v) is 7.34. The summed E-state index contributed by atoms with van der Waals surface area (Å²) in [7, 11) is 5.29. The van der Waals surface area contributed by atoms with Crippen LogP contribution in [0.15, 0.2) is 91.0 Å². The number of halogens is 1. The van der Waals surface area contributed by atoms with Crippen molar-refractivity contribution in [3.8, 4) is 22.8 Å². The van der Waals surface area contributed by atoms with Crippen LogP contribution in [0.2, 0.25) is 0 Å². The third kappa shape index (κ3) is 15.7. The number of esters is 1. The van der Waals surface area contributed by atoms with Crippen molar-refractivity contribution in [2.75, 3.05) is 52.8 Å². The van der Waals surface area contributed by atoms with E-state index in [0.717, 1.165) is 69.7 Å². The number of β-lactam (4-membered cyclic amide) rings is 1. The number of likely N-dealkylation sites (N-methyl/N-ethyl adjacent to an activating group) is 2. The van der Waals surface area contributed by atoms with Gasteiger partial charge in [-0.2, -0.15) is 0 Å². The number of carbonyl (C=O) groups is 6. The SMILES string of the molecule is CCNC(=O)C(CCCNC)NC.CCOc1ccc2c(c1)NCc1c-2[nH]c2ccc(F)cc12.COc1ccc(COC(=O)CN2C(=O)C(NC=O)C2CC=O)cc1.O=COCc1ccccc1. The number of H-pyrrole nitrogens is 1. The lowest BCUT2D eigenvalue weighted by Crippen LogP contribution is -2.70. The van der Waals surface area contributed by atoms with Gasteiger partial charge in [0.2, 0.25) is 18.2 Å². The van der Waals surface area contributed by atoms with Gasteiger partial charge in [0.1, 0.15) is 49.4 Å². The average Bonchev–Trinajstić information content (AvgIpc) is 3.74. The molecule has 2 aliphatic heterocycles. The van der Waals surface area contributed by atoms with Gasteiger partial charge in [-0.15, -0.1) is 0 Å². The van der Waals surface area contributed by atoms with E-state index in [-0.39, 0.29) is 37.3 Å². The number of methoxy groups -OCH3 is 1. The van der Waals surface area contributed by atoms with Crippen molar-refractivity contribution in [3.63, 3.8) is 0 Å². The predicted molar refractivity (Wildman–Crippen MR) is 256 cm³/mol. The van der Waals surface area contributed by atoms with Crippen molar-refractivity contribution in [2.45, 2.75) is 71.0 Å². The topological polar surface area (TPSA) is 219 Å². The number of amides is 3. The summed E-state index contributed by atoms with van der Waals surface area (Å²) in [6.45, 7) is 7.51. The first kappa shape index (κ1) is 53.3. The number of benzene rings is 4. The van der Waals surface area contributed by atoms with Gasteiger partial charge in [-0.05, 0) is 101 Å². The molecule has 1 saturated heterocycles. The summed E-state index contributed by atoms with van der Waals surface area (Å²) in [4.78, 5) is 70.7. The van der Waals surface area contributed by atoms with Crippen LogP contribution < -0.4 is 36.1 Å². The summed E-state index contributed by atoms with van der Waals surface area (Å²) in [5.74, 6) is 0.453. The van der Waals surface area contributed by atoms with Crippen LogP contribution in [0.4, 0.5) is 10.1 Å². The molecular formula is C50H62FN7O10. The van der Waals surface area contributed by atoms with Crippen LogP contribution in [-0.2, 0) is 58.0 Å². The van der Waals surface area contributed by atoms with Gasteiger partial charge >= 0.3 is 5.97 Å². The van der Waals surface area contributed by atoms with Crippen molar-refractivity contribution in [1.82, 2.24) is 31.2 Å². The van der Waals surface area contributed by atoms with Crippen LogP contribution in [0.25, 0.3) is 22.2 Å². The number of rotatable bonds is 21. The number of fused-ring (bicyclic) bond motifs is 5. The number of aldehydes is 1. The number of aromatic amines is 1. The highest BCUT2D eigenvalue weighted by atomic mass is 19.1. The van der Waals surface area contributed by atoms with E-state index in [1.54, 1.807) is 43.5 Å². The summed E-state index contributed by atoms with van der Waals surface area (Å²) in [6.07, 6.45) is 2.98. The van der Waals surface area contributed by atoms with Crippen LogP contribution in [0, 0.1) is 5.82 Å². The molecule has 2 aliphatic rings. The van der Waals surface area contributed by atoms with E-state index >= 15 is 0 Å². The quantitative estimate of drug-likeness (QED) is 0.0247. The van der Waals surface area contributed by atoms with Crippen molar-refractivity contribution < 1.29 is 52.1 Å². The second kappa shape index (κ2) is 28.7. The Balaban J connectivity index is 0.000000209. The Hall–Kier alpha value is -7.31. The first-order valence-corrected chi connectivity index (χ1v) is 22.3. The van der Waals surface area contributed by atoms with Crippen LogP contribution in [0.5, 0.6) is 11.5 Å². The second-order valence-corrected chi connectivity index (χ2v) is 15.2. The molecule has 6 N–H and O–H groups in total. The number of likely N-dealkylation sites (tertiary alicyclic amines) is 1. The van der Waals surface area contributed by atoms with Gasteiger partial charge in [-0.1, -0.05) is 42.5 Å². The molecule has 18 heteroatoms. The summed E-state index contributed by atoms with van der Waals surface area (Å²) in [6, 6.07) is 26.1. The molecule has 0 bridgehead atoms. The molecule has 364 valence electrons. The van der Waals surface area contributed by atoms with Gasteiger partial charge in [0.25, 0.3) is 6.47 Å². The molecule has 0 spiro atoms. The molecule has 3 amide bonds. The molecule has 5 aromatic rings. The van der Waals surface area contributed by atoms with E-state index in [4.69, 9.17) is 14.2 Å². The molecule has 0 aliphatic carbocycles. The molecule has 3 heterocycles. The highest BCUT2D eigenvalue weighted by Crippen LogP contribution is 2.40. The maximum absolute atomic E-state index is 13.5. The van der Waals surface area contributed by atoms with E-state index in [1.165, 1.54) is 11.0 Å². The number of nitrogens with zero attached hydrogens (tertiary/aromatic N) is 1. The highest BCUT2D eigenvalue weighted by molar-refractivity contribution is 5.96. The van der Waals surface area contributed by atoms with Crippen molar-refractivity contribution in [3.05, 3.63) is 114 Å². The van der Waals surface area contributed by atoms with E-state index in [1.807, 2.05) is 76.5 Å². The van der Waals surface area contributed by atoms with Crippen molar-refractivity contribution in [1.29, 1.82) is 0 Å². The van der Waals surface area contributed by atoms with E-state index in [2.05, 4.69) is 36.3 Å². The minimum Gasteiger partial charge on any atom is -0.497 e. The lowest BCUT2D eigenvalue weighted by Gasteiger charge is -2.45. The molecule has 0 saturated carbocycles. The standard InChI is InChI=1S/C17H15FN2O.C16H18N2O6.C9H21N3O.C8H8O2/c1-2-21-11-4-5-12-16(8-11)19-9-14-13-7-10(18)3-6-15(13)20-17(12)14;1-23-12-4-2-11(3-5-12)9-24-14(21)8-18-13(6-7-19)15(16(18)22)17-10-20;1-4-12-9(13)8(11-3)6-5-7-10-2;9-7-10-6-8-4-2-1-3-5-8/h3-8,19-20H,2,9H2,1H3;2-5,7,10,13,15H,6,8-9H2,1H3,(H,17,20);8,10-11H,4-7H2,1-3H3,(H,12,13);1-5,7H,6H2. The van der Waals surface area contributed by atoms with Gasteiger partial charge < -0.3 is 60.2 Å². The van der Waals surface area contributed by atoms with E-state index in [9.17, 15) is 33.2 Å². The number of nitrogens with one attached hydrogen (secondary N) is 6. The zero-order valence-corrected chi connectivity index (χ0v) is 39.1. The molecule has 68 heavy (non-hydrogen) atoms. The third-order valence-electron chi connectivity index (χ3n) is 10.8. The Labute approximate surface area is 395 Å². The Morgan fingerprint density at radius 3 is 2.31 bits per heavy atom. The Bertz CT molecular complexity index is 2380. The van der Waals surface area contributed by atoms with Gasteiger partial charge in [0.15, 0.2) is 0 Å². The minimum atomic E-state index is -0.762. The maximum Gasteiger partial charge on any atom is 0.325 e. The monoisotopic (exact) mass is 939 g/mol. The molecule has 1 aromatic heterocycles. The lowest BCUT2D eigenvalue weighted by atomic mass is 9.92. The molecule has 7 rings (SSSR count). The molecule has 3 unspecified atom stereocenters. The number of hydrogen-bond acceptors (Lipinski definition) is 13. The number of hydrogen-bond donors (Lipinski definition) is 6. The third-order valence-corrected chi connectivity index (χ3v) is 10.8. The normalized spacial score (nSPS) is 14.4. The second-order valence-electron chi connectivity index (χ2n) is 15.2. The number of ether oxygens (including phenoxy) is 4. The molecule has 3 atom stereocenters. The van der Waals surface area contributed by atoms with Crippen LogP contribution in [-0.4, -0.2) is 112 Å². The zero-order chi connectivity index (χ0) is 49.3. The molecule has 0 radical (unpaired) electrons. The van der Waals surface area contributed by atoms with Crippen LogP contribution in [0.3, 0.4) is 0 Å². The van der Waals surface area contributed by atoms with E-state index in [0.29, 0.717) is 51.2 Å². The predicted octanol–water partition coefficient (Wildman–Crippen LogP) is 5.02. The largest absolute Gasteiger partial charge is 0.497 e. The summed E-state index contributed by atoms with van der Waals surface area (Å²) in [5.41, 5.74) is 7.06. The first-order valence-electron chi connectivity index (χ1n) is 22.3. The van der Waals surface area contributed by atoms with Crippen molar-refractivity contribution >= 4 is 53.5 Å². The van der Waals surface area contributed by atoms with Crippen molar-refractivity contribution in [2.24, 2.45) is 0 Å². The number of anilines is 1. The summed E-state index contributed by atoms with van der Waals surface area (Å²) in [5, 5.41) is 15.5. The maximum atomic E-state index is 13.5. The van der Waals surface area contributed by atoms with Crippen LogP contribution >= 0.6 is 0 Å². The summed E-state index contributed by atoms with van der Waals surface area (Å²) >= 11 is 0. The molecule has 17 nitrogen and oxygen atoms in total. The lowest BCUT2D eigenvalue weighted by molar-refractivity contribution is -0.162. The first-order chi connectivity index (χ1) is 33.0. The minimum absolute atomic E-state index is 0.0446. The highest BCUT2D eigenvalue weighted by Gasteiger charge is 2.47. The number of aromatic nitrogens is 1. The molecular weight excluding hydrogens is 878 g/mol. The van der Waals surface area contributed by atoms with Gasteiger partial charge in [0, 0.05) is 53.3 Å².